The van der Waals surface area contributed by atoms with Crippen LogP contribution in [0.4, 0.5) is 0 Å². The third-order valence-corrected chi connectivity index (χ3v) is 0.813. The Bertz CT molecular complexity index is 134. The number of nitrogens with one attached hydrogen (secondary N) is 1. The molecule has 4 heteroatoms. The number of rotatable bonds is 2. The van der Waals surface area contributed by atoms with Crippen molar-refractivity contribution in [2.75, 3.05) is 6.54 Å². The fraction of sp³-hybridized carbons (Fsp3) is 0.500. The smallest absolute Gasteiger partial charge is 0.0692 e. The van der Waals surface area contributed by atoms with Gasteiger partial charge >= 0.3 is 0 Å². The molecular weight excluding hydrogens is 104 g/mol. The summed E-state index contributed by atoms with van der Waals surface area (Å²) in [5.74, 6) is 0. The molecule has 0 saturated carbocycles. The minimum absolute atomic E-state index is 0.364. The van der Waals surface area contributed by atoms with Gasteiger partial charge in [0.25, 0.3) is 0 Å². The van der Waals surface area contributed by atoms with Crippen molar-refractivity contribution in [2.45, 2.75) is 6.54 Å². The molecular formula is C4H7N4. The van der Waals surface area contributed by atoms with E-state index in [0.29, 0.717) is 13.1 Å². The molecule has 1 aromatic heterocycles. The van der Waals surface area contributed by atoms with Gasteiger partial charge in [-0.2, -0.15) is 0 Å². The Kier molecular flexibility index (Phi) is 1.58. The van der Waals surface area contributed by atoms with Crippen LogP contribution in [0.2, 0.25) is 0 Å². The number of aromatic nitrogens is 3. The fourth-order valence-electron chi connectivity index (χ4n) is 0.467. The van der Waals surface area contributed by atoms with Crippen molar-refractivity contribution in [1.82, 2.24) is 20.7 Å². The van der Waals surface area contributed by atoms with E-state index in [1.807, 2.05) is 0 Å². The van der Waals surface area contributed by atoms with E-state index in [0.717, 1.165) is 0 Å². The van der Waals surface area contributed by atoms with Crippen LogP contribution in [0.3, 0.4) is 0 Å². The number of hydrogen-bond acceptors (Lipinski definition) is 2. The van der Waals surface area contributed by atoms with Gasteiger partial charge in [0.1, 0.15) is 0 Å². The van der Waals surface area contributed by atoms with E-state index in [4.69, 9.17) is 5.73 Å². The highest BCUT2D eigenvalue weighted by Crippen LogP contribution is 1.76. The second-order valence-electron chi connectivity index (χ2n) is 1.42. The topological polar surface area (TPSA) is 54.5 Å². The molecule has 8 heavy (non-hydrogen) atoms. The van der Waals surface area contributed by atoms with Gasteiger partial charge in [0, 0.05) is 12.7 Å². The first-order chi connectivity index (χ1) is 3.93. The Balaban J connectivity index is 2.50. The van der Waals surface area contributed by atoms with Crippen molar-refractivity contribution in [3.63, 3.8) is 0 Å². The van der Waals surface area contributed by atoms with Crippen LogP contribution in [0.15, 0.2) is 12.4 Å². The molecule has 0 spiro atoms. The molecule has 0 aliphatic carbocycles. The highest BCUT2D eigenvalue weighted by molar-refractivity contribution is 4.63. The lowest BCUT2D eigenvalue weighted by molar-refractivity contribution is 0.593. The molecule has 0 saturated heterocycles. The quantitative estimate of drug-likeness (QED) is 0.519. The molecule has 0 fully saturated rings. The zero-order valence-corrected chi connectivity index (χ0v) is 4.41. The SMILES string of the molecule is [NH]CCn1ccnn1. The van der Waals surface area contributed by atoms with Crippen LogP contribution in [0, 0.1) is 0 Å². The minimum Gasteiger partial charge on any atom is -0.256 e. The van der Waals surface area contributed by atoms with Crippen LogP contribution in [-0.4, -0.2) is 21.5 Å². The first-order valence-corrected chi connectivity index (χ1v) is 2.42. The summed E-state index contributed by atoms with van der Waals surface area (Å²) in [6, 6.07) is 0. The van der Waals surface area contributed by atoms with Crippen LogP contribution >= 0.6 is 0 Å². The van der Waals surface area contributed by atoms with Gasteiger partial charge in [-0.1, -0.05) is 5.21 Å². The van der Waals surface area contributed by atoms with Crippen LogP contribution in [0.5, 0.6) is 0 Å². The summed E-state index contributed by atoms with van der Waals surface area (Å²) < 4.78 is 1.63. The predicted octanol–water partition coefficient (Wildman–Crippen LogP) is -0.439. The maximum absolute atomic E-state index is 6.79. The molecule has 1 aromatic rings. The summed E-state index contributed by atoms with van der Waals surface area (Å²) in [7, 11) is 0. The maximum Gasteiger partial charge on any atom is 0.0692 e. The molecule has 0 atom stereocenters. The predicted molar refractivity (Wildman–Crippen MR) is 28.0 cm³/mol. The molecule has 0 aromatic carbocycles. The highest BCUT2D eigenvalue weighted by atomic mass is 15.4. The van der Waals surface area contributed by atoms with E-state index in [9.17, 15) is 0 Å². The van der Waals surface area contributed by atoms with Crippen LogP contribution in [0.25, 0.3) is 0 Å². The zero-order chi connectivity index (χ0) is 5.82. The number of hydrogen-bond donors (Lipinski definition) is 0. The van der Waals surface area contributed by atoms with E-state index >= 15 is 0 Å². The Hall–Kier alpha value is -0.900. The monoisotopic (exact) mass is 111 g/mol. The zero-order valence-electron chi connectivity index (χ0n) is 4.41. The second kappa shape index (κ2) is 2.42. The summed E-state index contributed by atoms with van der Waals surface area (Å²) in [6.07, 6.45) is 3.35. The molecule has 0 aliphatic heterocycles. The van der Waals surface area contributed by atoms with Gasteiger partial charge in [0.05, 0.1) is 12.7 Å². The van der Waals surface area contributed by atoms with Gasteiger partial charge in [0.2, 0.25) is 0 Å². The highest BCUT2D eigenvalue weighted by Gasteiger charge is 1.84. The molecule has 0 amide bonds. The lowest BCUT2D eigenvalue weighted by atomic mass is 10.6. The average Bonchev–Trinajstić information content (AvgIpc) is 2.19. The summed E-state index contributed by atoms with van der Waals surface area (Å²) in [4.78, 5) is 0. The minimum atomic E-state index is 0.364. The molecule has 0 aliphatic rings. The third-order valence-electron chi connectivity index (χ3n) is 0.813. The maximum atomic E-state index is 6.79. The van der Waals surface area contributed by atoms with Crippen molar-refractivity contribution in [3.05, 3.63) is 12.4 Å². The van der Waals surface area contributed by atoms with Crippen molar-refractivity contribution in [1.29, 1.82) is 0 Å². The molecule has 0 unspecified atom stereocenters. The largest absolute Gasteiger partial charge is 0.256 e. The van der Waals surface area contributed by atoms with Crippen molar-refractivity contribution in [2.24, 2.45) is 0 Å². The second-order valence-corrected chi connectivity index (χ2v) is 1.42. The average molecular weight is 111 g/mol. The van der Waals surface area contributed by atoms with E-state index in [2.05, 4.69) is 10.3 Å². The van der Waals surface area contributed by atoms with Gasteiger partial charge in [-0.05, 0) is 0 Å². The summed E-state index contributed by atoms with van der Waals surface area (Å²) in [5, 5.41) is 7.22. The number of nitrogens with zero attached hydrogens (tertiary/aromatic N) is 3. The van der Waals surface area contributed by atoms with Crippen molar-refractivity contribution < 1.29 is 0 Å². The standard InChI is InChI=1S/C4H7N4/c5-1-3-8-4-2-6-7-8/h2,4-5H,1,3H2. The van der Waals surface area contributed by atoms with Gasteiger partial charge in [-0.15, -0.1) is 5.10 Å². The van der Waals surface area contributed by atoms with Gasteiger partial charge in [0.15, 0.2) is 0 Å². The van der Waals surface area contributed by atoms with E-state index in [-0.39, 0.29) is 0 Å². The van der Waals surface area contributed by atoms with Gasteiger partial charge < -0.3 is 0 Å². The molecule has 1 rings (SSSR count). The van der Waals surface area contributed by atoms with Crippen LogP contribution in [0.1, 0.15) is 0 Å². The molecule has 1 radical (unpaired) electrons. The van der Waals surface area contributed by atoms with Crippen molar-refractivity contribution in [3.8, 4) is 0 Å². The molecule has 43 valence electrons. The lowest BCUT2D eigenvalue weighted by Crippen LogP contribution is -2.03. The fourth-order valence-corrected chi connectivity index (χ4v) is 0.467. The van der Waals surface area contributed by atoms with E-state index in [1.54, 1.807) is 17.1 Å². The lowest BCUT2D eigenvalue weighted by Gasteiger charge is -1.90. The summed E-state index contributed by atoms with van der Waals surface area (Å²) >= 11 is 0. The third kappa shape index (κ3) is 1.04. The molecule has 1 N–H and O–H groups in total. The van der Waals surface area contributed by atoms with Gasteiger partial charge in [-0.3, -0.25) is 10.4 Å². The Morgan fingerprint density at radius 3 is 3.00 bits per heavy atom. The van der Waals surface area contributed by atoms with Crippen LogP contribution < -0.4 is 5.73 Å². The van der Waals surface area contributed by atoms with E-state index in [1.165, 1.54) is 0 Å². The molecule has 4 nitrogen and oxygen atoms in total. The van der Waals surface area contributed by atoms with Crippen molar-refractivity contribution >= 4 is 0 Å². The Labute approximate surface area is 47.3 Å². The first kappa shape index (κ1) is 5.24. The Morgan fingerprint density at radius 1 is 1.62 bits per heavy atom. The van der Waals surface area contributed by atoms with Crippen LogP contribution in [-0.2, 0) is 6.54 Å². The van der Waals surface area contributed by atoms with Gasteiger partial charge in [-0.25, -0.2) is 0 Å². The molecule has 0 bridgehead atoms. The Morgan fingerprint density at radius 2 is 2.50 bits per heavy atom. The summed E-state index contributed by atoms with van der Waals surface area (Å²) in [6.45, 7) is 1.00. The first-order valence-electron chi connectivity index (χ1n) is 2.42. The van der Waals surface area contributed by atoms with E-state index < -0.39 is 0 Å². The summed E-state index contributed by atoms with van der Waals surface area (Å²) in [5.41, 5.74) is 6.79. The normalized spacial score (nSPS) is 9.62. The molecule has 1 heterocycles.